The van der Waals surface area contributed by atoms with Crippen LogP contribution in [0.25, 0.3) is 10.9 Å². The predicted molar refractivity (Wildman–Crippen MR) is 102 cm³/mol. The van der Waals surface area contributed by atoms with Crippen molar-refractivity contribution in [2.24, 2.45) is 0 Å². The van der Waals surface area contributed by atoms with E-state index in [0.717, 1.165) is 12.3 Å². The Labute approximate surface area is 168 Å². The van der Waals surface area contributed by atoms with E-state index >= 15 is 4.39 Å². The van der Waals surface area contributed by atoms with Gasteiger partial charge in [-0.2, -0.15) is 0 Å². The molecule has 2 saturated heterocycles. The Kier molecular flexibility index (Phi) is 4.30. The average Bonchev–Trinajstić information content (AvgIpc) is 3.24. The second-order valence-corrected chi connectivity index (χ2v) is 8.07. The summed E-state index contributed by atoms with van der Waals surface area (Å²) in [6.45, 7) is 2.17. The highest BCUT2D eigenvalue weighted by Gasteiger charge is 2.42. The van der Waals surface area contributed by atoms with Crippen molar-refractivity contribution >= 4 is 34.2 Å². The lowest BCUT2D eigenvalue weighted by molar-refractivity contribution is 0.0212. The summed E-state index contributed by atoms with van der Waals surface area (Å²) in [5.74, 6) is -2.17. The van der Waals surface area contributed by atoms with Crippen molar-refractivity contribution in [1.82, 2.24) is 9.88 Å². The second-order valence-electron chi connectivity index (χ2n) is 7.70. The van der Waals surface area contributed by atoms with Gasteiger partial charge < -0.3 is 24.6 Å². The zero-order chi connectivity index (χ0) is 20.4. The summed E-state index contributed by atoms with van der Waals surface area (Å²) >= 11 is 6.58. The number of ether oxygens (including phenoxy) is 1. The molecular weight excluding hydrogens is 408 g/mol. The van der Waals surface area contributed by atoms with E-state index in [2.05, 4.69) is 5.32 Å². The molecule has 1 aliphatic carbocycles. The molecule has 3 fully saturated rings. The molecule has 0 unspecified atom stereocenters. The molecule has 0 spiro atoms. The van der Waals surface area contributed by atoms with Crippen molar-refractivity contribution < 1.29 is 23.4 Å². The minimum absolute atomic E-state index is 0.0215. The number of aromatic carboxylic acids is 1. The van der Waals surface area contributed by atoms with Crippen molar-refractivity contribution in [2.75, 3.05) is 31.1 Å². The van der Waals surface area contributed by atoms with Gasteiger partial charge in [-0.15, -0.1) is 0 Å². The third-order valence-corrected chi connectivity index (χ3v) is 6.23. The van der Waals surface area contributed by atoms with Crippen LogP contribution in [0.3, 0.4) is 0 Å². The number of carbonyl (C=O) groups is 1. The molecule has 2 N–H and O–H groups in total. The number of nitrogens with one attached hydrogen (secondary N) is 1. The molecule has 0 amide bonds. The molecule has 2 aromatic rings. The highest BCUT2D eigenvalue weighted by Crippen LogP contribution is 2.44. The second kappa shape index (κ2) is 6.65. The van der Waals surface area contributed by atoms with Gasteiger partial charge in [0.1, 0.15) is 17.6 Å². The Balaban J connectivity index is 1.70. The number of pyridine rings is 1. The molecule has 1 aromatic carbocycles. The summed E-state index contributed by atoms with van der Waals surface area (Å²) in [6.07, 6.45) is 0.0228. The maximum absolute atomic E-state index is 15.1. The quantitative estimate of drug-likeness (QED) is 0.782. The Morgan fingerprint density at radius 2 is 2.14 bits per heavy atom. The lowest BCUT2D eigenvalue weighted by Gasteiger charge is -2.25. The van der Waals surface area contributed by atoms with Gasteiger partial charge in [-0.25, -0.2) is 13.6 Å². The standard InChI is InChI=1S/C19H18ClF2N3O4/c20-15-16-8(18(26)9(19(27)28)5-25(16)13-4-10(13)21)3-11(22)17(15)24-6-12-14(7-24)29-2-1-23-12/h3,5,10,12-14,23H,1-2,4,6-7H2,(H,27,28)/t10-,12-,13+,14-/m0/s1. The molecule has 1 aromatic heterocycles. The van der Waals surface area contributed by atoms with Gasteiger partial charge in [0.25, 0.3) is 0 Å². The fourth-order valence-electron chi connectivity index (χ4n) is 4.35. The van der Waals surface area contributed by atoms with Gasteiger partial charge in [0.2, 0.25) is 5.43 Å². The number of aromatic nitrogens is 1. The SMILES string of the molecule is O=C(O)c1cn([C@@H]2C[C@@H]2F)c2c(Cl)c(N3C[C@@H]4NCCO[C@H]4C3)c(F)cc2c1=O. The Bertz CT molecular complexity index is 1080. The molecule has 1 saturated carbocycles. The highest BCUT2D eigenvalue weighted by molar-refractivity contribution is 6.38. The number of morpholine rings is 1. The Hall–Kier alpha value is -2.23. The zero-order valence-electron chi connectivity index (χ0n) is 15.2. The van der Waals surface area contributed by atoms with Crippen LogP contribution in [0, 0.1) is 5.82 Å². The smallest absolute Gasteiger partial charge is 0.341 e. The first-order valence-corrected chi connectivity index (χ1v) is 9.78. The van der Waals surface area contributed by atoms with E-state index in [9.17, 15) is 19.1 Å². The third-order valence-electron chi connectivity index (χ3n) is 5.88. The van der Waals surface area contributed by atoms with Gasteiger partial charge >= 0.3 is 5.97 Å². The summed E-state index contributed by atoms with van der Waals surface area (Å²) in [5, 5.41) is 12.5. The number of hydrogen-bond donors (Lipinski definition) is 2. The van der Waals surface area contributed by atoms with Gasteiger partial charge in [0.05, 0.1) is 46.4 Å². The predicted octanol–water partition coefficient (Wildman–Crippen LogP) is 1.95. The number of carboxylic acids is 1. The van der Waals surface area contributed by atoms with Crippen LogP contribution in [0.5, 0.6) is 0 Å². The van der Waals surface area contributed by atoms with Gasteiger partial charge in [0, 0.05) is 32.3 Å². The number of hydrogen-bond acceptors (Lipinski definition) is 5. The molecule has 4 atom stereocenters. The first-order chi connectivity index (χ1) is 13.9. The summed E-state index contributed by atoms with van der Waals surface area (Å²) in [4.78, 5) is 25.9. The van der Waals surface area contributed by atoms with Crippen LogP contribution in [-0.4, -0.2) is 60.2 Å². The largest absolute Gasteiger partial charge is 0.477 e. The molecule has 5 rings (SSSR count). The lowest BCUT2D eigenvalue weighted by Crippen LogP contribution is -2.47. The van der Waals surface area contributed by atoms with Crippen molar-refractivity contribution in [3.63, 3.8) is 0 Å². The van der Waals surface area contributed by atoms with E-state index < -0.39 is 35.0 Å². The third kappa shape index (κ3) is 2.91. The summed E-state index contributed by atoms with van der Waals surface area (Å²) in [5.41, 5.74) is -1.10. The van der Waals surface area contributed by atoms with Crippen molar-refractivity contribution in [1.29, 1.82) is 0 Å². The first kappa shape index (κ1) is 18.8. The van der Waals surface area contributed by atoms with Gasteiger partial charge in [-0.05, 0) is 6.07 Å². The summed E-state index contributed by atoms with van der Waals surface area (Å²) in [6, 6.07) is 0.413. The molecule has 7 nitrogen and oxygen atoms in total. The maximum Gasteiger partial charge on any atom is 0.341 e. The van der Waals surface area contributed by atoms with Crippen molar-refractivity contribution in [3.8, 4) is 0 Å². The number of halogens is 3. The van der Waals surface area contributed by atoms with Crippen LogP contribution in [-0.2, 0) is 4.74 Å². The van der Waals surface area contributed by atoms with Crippen LogP contribution in [0.4, 0.5) is 14.5 Å². The van der Waals surface area contributed by atoms with E-state index in [0.29, 0.717) is 26.2 Å². The number of benzene rings is 1. The number of alkyl halides is 1. The zero-order valence-corrected chi connectivity index (χ0v) is 16.0. The fraction of sp³-hybridized carbons (Fsp3) is 0.474. The average molecular weight is 426 g/mol. The van der Waals surface area contributed by atoms with Crippen LogP contribution < -0.4 is 15.6 Å². The normalized spacial score (nSPS) is 28.6. The number of anilines is 1. The minimum atomic E-state index is -1.45. The van der Waals surface area contributed by atoms with Gasteiger partial charge in [0.15, 0.2) is 0 Å². The highest BCUT2D eigenvalue weighted by atomic mass is 35.5. The number of nitrogens with zero attached hydrogens (tertiary/aromatic N) is 2. The van der Waals surface area contributed by atoms with Crippen LogP contribution in [0.2, 0.25) is 5.02 Å². The molecule has 0 radical (unpaired) electrons. The van der Waals surface area contributed by atoms with E-state index in [1.807, 2.05) is 0 Å². The number of carboxylic acid groups (broad SMARTS) is 1. The van der Waals surface area contributed by atoms with Crippen molar-refractivity contribution in [2.45, 2.75) is 30.8 Å². The summed E-state index contributed by atoms with van der Waals surface area (Å²) in [7, 11) is 0. The first-order valence-electron chi connectivity index (χ1n) is 9.41. The number of fused-ring (bicyclic) bond motifs is 2. The molecule has 10 heteroatoms. The topological polar surface area (TPSA) is 83.8 Å². The molecule has 2 aliphatic heterocycles. The van der Waals surface area contributed by atoms with E-state index in [1.54, 1.807) is 4.90 Å². The van der Waals surface area contributed by atoms with Crippen LogP contribution >= 0.6 is 11.6 Å². The fourth-order valence-corrected chi connectivity index (χ4v) is 4.76. The molecule has 3 aliphatic rings. The van der Waals surface area contributed by atoms with Crippen LogP contribution in [0.1, 0.15) is 22.8 Å². The maximum atomic E-state index is 15.1. The van der Waals surface area contributed by atoms with E-state index in [-0.39, 0.29) is 40.2 Å². The molecular formula is C19H18ClF2N3O4. The molecule has 29 heavy (non-hydrogen) atoms. The molecule has 0 bridgehead atoms. The van der Waals surface area contributed by atoms with Gasteiger partial charge in [-0.3, -0.25) is 4.79 Å². The summed E-state index contributed by atoms with van der Waals surface area (Å²) < 4.78 is 36.0. The molecule has 154 valence electrons. The van der Waals surface area contributed by atoms with Crippen LogP contribution in [0.15, 0.2) is 17.1 Å². The minimum Gasteiger partial charge on any atom is -0.477 e. The van der Waals surface area contributed by atoms with E-state index in [1.165, 1.54) is 4.57 Å². The van der Waals surface area contributed by atoms with E-state index in [4.69, 9.17) is 16.3 Å². The monoisotopic (exact) mass is 425 g/mol. The number of rotatable bonds is 3. The van der Waals surface area contributed by atoms with Crippen molar-refractivity contribution in [3.05, 3.63) is 38.9 Å². The van der Waals surface area contributed by atoms with Gasteiger partial charge in [-0.1, -0.05) is 11.6 Å². The lowest BCUT2D eigenvalue weighted by atomic mass is 10.1. The Morgan fingerprint density at radius 3 is 2.79 bits per heavy atom. The Morgan fingerprint density at radius 1 is 1.38 bits per heavy atom. The molecule has 3 heterocycles.